The van der Waals surface area contributed by atoms with E-state index in [2.05, 4.69) is 65.6 Å². The average Bonchev–Trinajstić information content (AvgIpc) is 2.43. The summed E-state index contributed by atoms with van der Waals surface area (Å²) >= 11 is 0. The molecule has 1 aliphatic heterocycles. The molecule has 1 fully saturated rings. The van der Waals surface area contributed by atoms with E-state index in [1.165, 1.54) is 17.2 Å². The zero-order valence-electron chi connectivity index (χ0n) is 17.9. The second-order valence-electron chi connectivity index (χ2n) is 10.6. The minimum atomic E-state index is -1.23. The Kier molecular flexibility index (Phi) is 5.64. The van der Waals surface area contributed by atoms with Crippen LogP contribution in [0.15, 0.2) is 34.9 Å². The van der Waals surface area contributed by atoms with Gasteiger partial charge in [-0.25, -0.2) is 0 Å². The summed E-state index contributed by atoms with van der Waals surface area (Å²) < 4.78 is 12.2. The molecule has 2 rings (SSSR count). The van der Waals surface area contributed by atoms with Crippen LogP contribution in [0, 0.1) is 10.8 Å². The molecule has 0 saturated carbocycles. The first-order chi connectivity index (χ1) is 11.3. The highest BCUT2D eigenvalue weighted by molar-refractivity contribution is 6.76. The van der Waals surface area contributed by atoms with Gasteiger partial charge < -0.3 is 9.47 Å². The molecule has 1 heterocycles. The van der Waals surface area contributed by atoms with E-state index in [1.807, 2.05) is 13.8 Å². The third-order valence-electron chi connectivity index (χ3n) is 5.05. The largest absolute Gasteiger partial charge is 0.350 e. The highest BCUT2D eigenvalue weighted by atomic mass is 28.3. The van der Waals surface area contributed by atoms with Gasteiger partial charge in [0.25, 0.3) is 0 Å². The van der Waals surface area contributed by atoms with Gasteiger partial charge in [-0.2, -0.15) is 0 Å². The minimum Gasteiger partial charge on any atom is -0.350 e. The maximum atomic E-state index is 6.10. The van der Waals surface area contributed by atoms with E-state index < -0.39 is 13.9 Å². The molecular formula is C22H38O2Si. The number of rotatable bonds is 3. The van der Waals surface area contributed by atoms with Gasteiger partial charge >= 0.3 is 0 Å². The van der Waals surface area contributed by atoms with Crippen molar-refractivity contribution in [2.45, 2.75) is 79.4 Å². The second-order valence-corrected chi connectivity index (χ2v) is 16.0. The summed E-state index contributed by atoms with van der Waals surface area (Å²) in [5.41, 5.74) is 4.66. The molecule has 0 unspecified atom stereocenters. The first kappa shape index (κ1) is 20.7. The topological polar surface area (TPSA) is 18.5 Å². The molecule has 2 nitrogen and oxygen atoms in total. The predicted octanol–water partition coefficient (Wildman–Crippen LogP) is 6.34. The van der Waals surface area contributed by atoms with Crippen molar-refractivity contribution in [2.75, 3.05) is 13.2 Å². The molecular weight excluding hydrogens is 324 g/mol. The lowest BCUT2D eigenvalue weighted by molar-refractivity contribution is -0.277. The molecule has 0 aromatic carbocycles. The molecule has 2 aliphatic rings. The molecule has 142 valence electrons. The first-order valence-corrected chi connectivity index (χ1v) is 13.3. The van der Waals surface area contributed by atoms with Gasteiger partial charge in [-0.05, 0) is 49.8 Å². The summed E-state index contributed by atoms with van der Waals surface area (Å²) in [6, 6.07) is 1.21. The van der Waals surface area contributed by atoms with Crippen LogP contribution in [0.1, 0.15) is 48.0 Å². The van der Waals surface area contributed by atoms with Gasteiger partial charge in [-0.15, -0.1) is 0 Å². The molecule has 0 radical (unpaired) electrons. The summed E-state index contributed by atoms with van der Waals surface area (Å²) in [6.07, 6.45) is 8.05. The van der Waals surface area contributed by atoms with Crippen molar-refractivity contribution in [3.05, 3.63) is 34.9 Å². The van der Waals surface area contributed by atoms with E-state index in [1.54, 1.807) is 5.57 Å². The molecule has 1 saturated heterocycles. The van der Waals surface area contributed by atoms with Gasteiger partial charge in [0.1, 0.15) is 0 Å². The molecule has 0 bridgehead atoms. The fourth-order valence-electron chi connectivity index (χ4n) is 3.80. The van der Waals surface area contributed by atoms with Crippen LogP contribution < -0.4 is 0 Å². The van der Waals surface area contributed by atoms with Crippen LogP contribution in [0.2, 0.25) is 25.7 Å². The van der Waals surface area contributed by atoms with Crippen LogP contribution >= 0.6 is 0 Å². The predicted molar refractivity (Wildman–Crippen MR) is 111 cm³/mol. The van der Waals surface area contributed by atoms with Crippen LogP contribution in [-0.2, 0) is 9.47 Å². The number of hydrogen-bond acceptors (Lipinski definition) is 2. The molecule has 25 heavy (non-hydrogen) atoms. The standard InChI is InChI=1S/C22H38O2Si/c1-10-11-18-17(14-25(7,8)9)12-22(13-19(18)20(2,3)4)15-23-21(5,6)24-16-22/h10-12H,13-16H2,1-9H3/b11-10+. The summed E-state index contributed by atoms with van der Waals surface area (Å²) in [6.45, 7) is 22.0. The molecule has 0 aromatic heterocycles. The van der Waals surface area contributed by atoms with Crippen molar-refractivity contribution in [1.82, 2.24) is 0 Å². The number of hydrogen-bond donors (Lipinski definition) is 0. The van der Waals surface area contributed by atoms with E-state index in [0.29, 0.717) is 0 Å². The van der Waals surface area contributed by atoms with Gasteiger partial charge in [0.2, 0.25) is 0 Å². The van der Waals surface area contributed by atoms with Crippen molar-refractivity contribution < 1.29 is 9.47 Å². The smallest absolute Gasteiger partial charge is 0.162 e. The van der Waals surface area contributed by atoms with Gasteiger partial charge in [0.05, 0.1) is 13.2 Å². The van der Waals surface area contributed by atoms with Crippen molar-refractivity contribution in [3.63, 3.8) is 0 Å². The zero-order chi connectivity index (χ0) is 19.1. The molecule has 0 aromatic rings. The first-order valence-electron chi connectivity index (χ1n) is 9.63. The Morgan fingerprint density at radius 3 is 2.12 bits per heavy atom. The third-order valence-corrected chi connectivity index (χ3v) is 6.50. The van der Waals surface area contributed by atoms with Crippen LogP contribution in [0.5, 0.6) is 0 Å². The van der Waals surface area contributed by atoms with Crippen LogP contribution in [0.4, 0.5) is 0 Å². The Labute approximate surface area is 156 Å². The van der Waals surface area contributed by atoms with Crippen molar-refractivity contribution in [3.8, 4) is 0 Å². The SMILES string of the molecule is C/C=C/C1=C(C(C)(C)C)CC2(C=C1C[Si](C)(C)C)COC(C)(C)OC2. The Hall–Kier alpha value is -0.643. The minimum absolute atomic E-state index is 0.0157. The van der Waals surface area contributed by atoms with E-state index in [9.17, 15) is 0 Å². The van der Waals surface area contributed by atoms with Crippen molar-refractivity contribution in [1.29, 1.82) is 0 Å². The molecule has 0 N–H and O–H groups in total. The Balaban J connectivity index is 2.52. The third kappa shape index (κ3) is 5.18. The zero-order valence-corrected chi connectivity index (χ0v) is 18.9. The van der Waals surface area contributed by atoms with Gasteiger partial charge in [0, 0.05) is 13.5 Å². The molecule has 0 atom stereocenters. The molecule has 3 heteroatoms. The summed E-state index contributed by atoms with van der Waals surface area (Å²) in [7, 11) is -1.23. The van der Waals surface area contributed by atoms with Crippen LogP contribution in [-0.4, -0.2) is 27.1 Å². The van der Waals surface area contributed by atoms with E-state index in [4.69, 9.17) is 9.47 Å². The fraction of sp³-hybridized carbons (Fsp3) is 0.727. The maximum absolute atomic E-state index is 6.10. The van der Waals surface area contributed by atoms with Crippen LogP contribution in [0.25, 0.3) is 0 Å². The van der Waals surface area contributed by atoms with E-state index in [-0.39, 0.29) is 10.8 Å². The maximum Gasteiger partial charge on any atom is 0.162 e. The Morgan fingerprint density at radius 2 is 1.68 bits per heavy atom. The number of ether oxygens (including phenoxy) is 2. The fourth-order valence-corrected chi connectivity index (χ4v) is 5.24. The van der Waals surface area contributed by atoms with Crippen molar-refractivity contribution >= 4 is 8.07 Å². The number of allylic oxidation sites excluding steroid dienone is 5. The van der Waals surface area contributed by atoms with Gasteiger partial charge in [-0.3, -0.25) is 0 Å². The van der Waals surface area contributed by atoms with E-state index >= 15 is 0 Å². The lowest BCUT2D eigenvalue weighted by atomic mass is 9.67. The van der Waals surface area contributed by atoms with Gasteiger partial charge in [0.15, 0.2) is 5.79 Å². The Bertz CT molecular complexity index is 584. The molecule has 0 amide bonds. The van der Waals surface area contributed by atoms with Gasteiger partial charge in [-0.1, -0.05) is 64.2 Å². The summed E-state index contributed by atoms with van der Waals surface area (Å²) in [4.78, 5) is 0. The second kappa shape index (κ2) is 6.83. The van der Waals surface area contributed by atoms with Crippen molar-refractivity contribution in [2.24, 2.45) is 10.8 Å². The highest BCUT2D eigenvalue weighted by Gasteiger charge is 2.44. The lowest BCUT2D eigenvalue weighted by Gasteiger charge is -2.47. The quantitative estimate of drug-likeness (QED) is 0.545. The highest BCUT2D eigenvalue weighted by Crippen LogP contribution is 2.49. The normalized spacial score (nSPS) is 24.1. The monoisotopic (exact) mass is 362 g/mol. The summed E-state index contributed by atoms with van der Waals surface area (Å²) in [5.74, 6) is -0.465. The Morgan fingerprint density at radius 1 is 1.12 bits per heavy atom. The molecule has 1 spiro atoms. The summed E-state index contributed by atoms with van der Waals surface area (Å²) in [5, 5.41) is 0. The van der Waals surface area contributed by atoms with Crippen LogP contribution in [0.3, 0.4) is 0 Å². The molecule has 1 aliphatic carbocycles. The van der Waals surface area contributed by atoms with E-state index in [0.717, 1.165) is 19.6 Å². The lowest BCUT2D eigenvalue weighted by Crippen LogP contribution is -2.47. The average molecular weight is 363 g/mol.